The Kier molecular flexibility index (Phi) is 5.38. The fourth-order valence-corrected chi connectivity index (χ4v) is 2.42. The number of carbonyl (C=O) groups excluding carboxylic acids is 1. The highest BCUT2D eigenvalue weighted by Gasteiger charge is 2.12. The number of nitrogens with zero attached hydrogens (tertiary/aromatic N) is 3. The molecule has 0 saturated carbocycles. The predicted octanol–water partition coefficient (Wildman–Crippen LogP) is 1.80. The van der Waals surface area contributed by atoms with Gasteiger partial charge < -0.3 is 15.7 Å². The van der Waals surface area contributed by atoms with Crippen molar-refractivity contribution in [3.05, 3.63) is 78.4 Å². The summed E-state index contributed by atoms with van der Waals surface area (Å²) < 4.78 is 1.66. The van der Waals surface area contributed by atoms with Crippen molar-refractivity contribution in [1.82, 2.24) is 25.4 Å². The Morgan fingerprint density at radius 2 is 1.88 bits per heavy atom. The molecular weight excluding hydrogens is 318 g/mol. The zero-order valence-electron chi connectivity index (χ0n) is 13.5. The van der Waals surface area contributed by atoms with Gasteiger partial charge >= 0.3 is 6.03 Å². The van der Waals surface area contributed by atoms with Gasteiger partial charge in [0.15, 0.2) is 0 Å². The van der Waals surface area contributed by atoms with Gasteiger partial charge in [0, 0.05) is 6.54 Å². The van der Waals surface area contributed by atoms with E-state index in [4.69, 9.17) is 0 Å². The third kappa shape index (κ3) is 4.42. The maximum atomic E-state index is 12.1. The van der Waals surface area contributed by atoms with Gasteiger partial charge in [0.05, 0.1) is 18.3 Å². The van der Waals surface area contributed by atoms with E-state index in [9.17, 15) is 9.90 Å². The van der Waals surface area contributed by atoms with Crippen molar-refractivity contribution in [2.45, 2.75) is 12.6 Å². The molecule has 25 heavy (non-hydrogen) atoms. The number of benzene rings is 2. The minimum Gasteiger partial charge on any atom is -0.394 e. The van der Waals surface area contributed by atoms with Gasteiger partial charge in [-0.2, -0.15) is 5.10 Å². The second-order valence-corrected chi connectivity index (χ2v) is 5.48. The van der Waals surface area contributed by atoms with E-state index in [0.29, 0.717) is 6.54 Å². The first-order valence-corrected chi connectivity index (χ1v) is 7.90. The van der Waals surface area contributed by atoms with Gasteiger partial charge in [0.2, 0.25) is 0 Å². The van der Waals surface area contributed by atoms with Crippen molar-refractivity contribution >= 4 is 6.03 Å². The number of hydrogen-bond donors (Lipinski definition) is 3. The van der Waals surface area contributed by atoms with Crippen LogP contribution in [-0.2, 0) is 6.54 Å². The fourth-order valence-electron chi connectivity index (χ4n) is 2.42. The van der Waals surface area contributed by atoms with Crippen LogP contribution in [-0.4, -0.2) is 32.5 Å². The van der Waals surface area contributed by atoms with Crippen LogP contribution in [0.1, 0.15) is 17.2 Å². The lowest BCUT2D eigenvalue weighted by Crippen LogP contribution is -2.38. The smallest absolute Gasteiger partial charge is 0.315 e. The molecule has 0 aliphatic carbocycles. The SMILES string of the molecule is O=C(NCc1ccc(-n2cncn2)cc1)NC(CO)c1ccccc1. The molecule has 0 aliphatic heterocycles. The molecule has 0 aliphatic rings. The second kappa shape index (κ2) is 8.07. The lowest BCUT2D eigenvalue weighted by Gasteiger charge is -2.17. The summed E-state index contributed by atoms with van der Waals surface area (Å²) in [5, 5.41) is 19.1. The Labute approximate surface area is 145 Å². The highest BCUT2D eigenvalue weighted by Crippen LogP contribution is 2.11. The minimum absolute atomic E-state index is 0.163. The Morgan fingerprint density at radius 1 is 1.12 bits per heavy atom. The lowest BCUT2D eigenvalue weighted by atomic mass is 10.1. The zero-order chi connectivity index (χ0) is 17.5. The number of aromatic nitrogens is 3. The first-order chi connectivity index (χ1) is 12.3. The Hall–Kier alpha value is -3.19. The Morgan fingerprint density at radius 3 is 2.52 bits per heavy atom. The van der Waals surface area contributed by atoms with Crippen LogP contribution >= 0.6 is 0 Å². The molecule has 0 saturated heterocycles. The largest absolute Gasteiger partial charge is 0.394 e. The molecule has 0 spiro atoms. The molecule has 1 heterocycles. The molecule has 0 bridgehead atoms. The normalized spacial score (nSPS) is 11.7. The Balaban J connectivity index is 1.53. The van der Waals surface area contributed by atoms with Crippen molar-refractivity contribution in [2.75, 3.05) is 6.61 Å². The summed E-state index contributed by atoms with van der Waals surface area (Å²) >= 11 is 0. The predicted molar refractivity (Wildman–Crippen MR) is 93.0 cm³/mol. The van der Waals surface area contributed by atoms with Crippen molar-refractivity contribution < 1.29 is 9.90 Å². The summed E-state index contributed by atoms with van der Waals surface area (Å²) in [4.78, 5) is 16.0. The molecule has 128 valence electrons. The summed E-state index contributed by atoms with van der Waals surface area (Å²) in [6.45, 7) is 0.223. The average molecular weight is 337 g/mol. The van der Waals surface area contributed by atoms with Crippen LogP contribution in [0, 0.1) is 0 Å². The molecule has 1 unspecified atom stereocenters. The van der Waals surface area contributed by atoms with E-state index in [1.807, 2.05) is 54.6 Å². The quantitative estimate of drug-likeness (QED) is 0.639. The molecular formula is C18H19N5O2. The number of urea groups is 1. The third-order valence-electron chi connectivity index (χ3n) is 3.76. The maximum Gasteiger partial charge on any atom is 0.315 e. The standard InChI is InChI=1S/C18H19N5O2/c24-11-17(15-4-2-1-3-5-15)22-18(25)20-10-14-6-8-16(9-7-14)23-13-19-12-21-23/h1-9,12-13,17,24H,10-11H2,(H2,20,22,25). The molecule has 0 fully saturated rings. The topological polar surface area (TPSA) is 92.1 Å². The van der Waals surface area contributed by atoms with Gasteiger partial charge in [-0.15, -0.1) is 0 Å². The maximum absolute atomic E-state index is 12.1. The van der Waals surface area contributed by atoms with E-state index in [1.165, 1.54) is 6.33 Å². The van der Waals surface area contributed by atoms with Crippen molar-refractivity contribution in [3.63, 3.8) is 0 Å². The van der Waals surface area contributed by atoms with Crippen LogP contribution in [0.5, 0.6) is 0 Å². The molecule has 2 aromatic carbocycles. The summed E-state index contributed by atoms with van der Waals surface area (Å²) in [6, 6.07) is 16.2. The van der Waals surface area contributed by atoms with Crippen molar-refractivity contribution in [2.24, 2.45) is 0 Å². The first-order valence-electron chi connectivity index (χ1n) is 7.90. The van der Waals surface area contributed by atoms with E-state index < -0.39 is 6.04 Å². The number of carbonyl (C=O) groups is 1. The molecule has 1 atom stereocenters. The fraction of sp³-hybridized carbons (Fsp3) is 0.167. The van der Waals surface area contributed by atoms with E-state index >= 15 is 0 Å². The van der Waals surface area contributed by atoms with Gasteiger partial charge in [-0.25, -0.2) is 14.5 Å². The molecule has 1 aromatic heterocycles. The number of hydrogen-bond acceptors (Lipinski definition) is 4. The molecule has 2 amide bonds. The van der Waals surface area contributed by atoms with Gasteiger partial charge in [0.25, 0.3) is 0 Å². The second-order valence-electron chi connectivity index (χ2n) is 5.48. The summed E-state index contributed by atoms with van der Waals surface area (Å²) in [5.41, 5.74) is 2.71. The van der Waals surface area contributed by atoms with Gasteiger partial charge in [-0.1, -0.05) is 42.5 Å². The van der Waals surface area contributed by atoms with E-state index in [1.54, 1.807) is 11.0 Å². The highest BCUT2D eigenvalue weighted by atomic mass is 16.3. The molecule has 0 radical (unpaired) electrons. The molecule has 3 rings (SSSR count). The third-order valence-corrected chi connectivity index (χ3v) is 3.76. The molecule has 7 nitrogen and oxygen atoms in total. The number of amides is 2. The van der Waals surface area contributed by atoms with Crippen LogP contribution in [0.25, 0.3) is 5.69 Å². The van der Waals surface area contributed by atoms with Crippen molar-refractivity contribution in [1.29, 1.82) is 0 Å². The lowest BCUT2D eigenvalue weighted by molar-refractivity contribution is 0.216. The van der Waals surface area contributed by atoms with Gasteiger partial charge in [-0.05, 0) is 23.3 Å². The van der Waals surface area contributed by atoms with Crippen LogP contribution in [0.15, 0.2) is 67.3 Å². The molecule has 7 heteroatoms. The summed E-state index contributed by atoms with van der Waals surface area (Å²) in [7, 11) is 0. The van der Waals surface area contributed by atoms with Crippen LogP contribution in [0.4, 0.5) is 4.79 Å². The number of aliphatic hydroxyl groups is 1. The summed E-state index contributed by atoms with van der Waals surface area (Å²) in [6.07, 6.45) is 3.10. The number of nitrogens with one attached hydrogen (secondary N) is 2. The Bertz CT molecular complexity index is 788. The molecule has 3 N–H and O–H groups in total. The van der Waals surface area contributed by atoms with Crippen LogP contribution in [0.2, 0.25) is 0 Å². The number of aliphatic hydroxyl groups excluding tert-OH is 1. The van der Waals surface area contributed by atoms with E-state index in [-0.39, 0.29) is 12.6 Å². The summed E-state index contributed by atoms with van der Waals surface area (Å²) in [5.74, 6) is 0. The minimum atomic E-state index is -0.434. The monoisotopic (exact) mass is 337 g/mol. The zero-order valence-corrected chi connectivity index (χ0v) is 13.5. The molecule has 3 aromatic rings. The highest BCUT2D eigenvalue weighted by molar-refractivity contribution is 5.74. The number of rotatable bonds is 6. The van der Waals surface area contributed by atoms with E-state index in [0.717, 1.165) is 16.8 Å². The van der Waals surface area contributed by atoms with Gasteiger partial charge in [-0.3, -0.25) is 0 Å². The van der Waals surface area contributed by atoms with Crippen LogP contribution in [0.3, 0.4) is 0 Å². The first kappa shape index (κ1) is 16.7. The average Bonchev–Trinajstić information content (AvgIpc) is 3.20. The van der Waals surface area contributed by atoms with E-state index in [2.05, 4.69) is 20.7 Å². The van der Waals surface area contributed by atoms with Crippen LogP contribution < -0.4 is 10.6 Å². The van der Waals surface area contributed by atoms with Crippen molar-refractivity contribution in [3.8, 4) is 5.69 Å². The van der Waals surface area contributed by atoms with Gasteiger partial charge in [0.1, 0.15) is 12.7 Å².